The van der Waals surface area contributed by atoms with Crippen LogP contribution in [0.5, 0.6) is 5.75 Å². The highest BCUT2D eigenvalue weighted by atomic mass is 16.6. The smallest absolute Gasteiger partial charge is 0.350 e. The number of carbonyl (C=O) groups excluding carboxylic acids is 2. The standard InChI is InChI=1S/C25H17N3O5/c29-24(21-10-5-7-18-6-1-2-8-20(18)21)27-26-16-17-12-14-19(15-13-17)33-25(30)22-9-3-4-11-23(22)28(31)32/h1-16H,(H,27,29)/b26-16-. The molecule has 0 aliphatic carbocycles. The van der Waals surface area contributed by atoms with Crippen molar-refractivity contribution in [3.63, 3.8) is 0 Å². The van der Waals surface area contributed by atoms with Gasteiger partial charge in [0.05, 0.1) is 11.1 Å². The Balaban J connectivity index is 1.40. The number of benzene rings is 4. The monoisotopic (exact) mass is 439 g/mol. The van der Waals surface area contributed by atoms with E-state index in [-0.39, 0.29) is 22.9 Å². The molecule has 0 aliphatic heterocycles. The first-order valence-corrected chi connectivity index (χ1v) is 9.90. The van der Waals surface area contributed by atoms with Crippen molar-refractivity contribution < 1.29 is 19.2 Å². The van der Waals surface area contributed by atoms with Crippen LogP contribution in [-0.4, -0.2) is 23.0 Å². The molecule has 0 fully saturated rings. The largest absolute Gasteiger partial charge is 0.423 e. The van der Waals surface area contributed by atoms with Gasteiger partial charge < -0.3 is 4.74 Å². The van der Waals surface area contributed by atoms with Gasteiger partial charge in [0.25, 0.3) is 11.6 Å². The number of esters is 1. The van der Waals surface area contributed by atoms with Crippen LogP contribution in [-0.2, 0) is 0 Å². The SMILES string of the molecule is O=C(Oc1ccc(/C=N\NC(=O)c2cccc3ccccc23)cc1)c1ccccc1[N+](=O)[O-]. The molecule has 33 heavy (non-hydrogen) atoms. The molecule has 4 aromatic rings. The average Bonchev–Trinajstić information content (AvgIpc) is 2.84. The summed E-state index contributed by atoms with van der Waals surface area (Å²) in [5.74, 6) is -0.945. The van der Waals surface area contributed by atoms with E-state index in [1.165, 1.54) is 42.6 Å². The van der Waals surface area contributed by atoms with E-state index in [2.05, 4.69) is 10.5 Å². The van der Waals surface area contributed by atoms with Crippen LogP contribution in [0.1, 0.15) is 26.3 Å². The zero-order valence-electron chi connectivity index (χ0n) is 17.2. The van der Waals surface area contributed by atoms with Crippen LogP contribution in [0.15, 0.2) is 96.1 Å². The quantitative estimate of drug-likeness (QED) is 0.153. The first kappa shape index (κ1) is 21.4. The predicted molar refractivity (Wildman–Crippen MR) is 124 cm³/mol. The molecule has 0 atom stereocenters. The Morgan fingerprint density at radius 2 is 1.52 bits per heavy atom. The van der Waals surface area contributed by atoms with Crippen LogP contribution >= 0.6 is 0 Å². The lowest BCUT2D eigenvalue weighted by molar-refractivity contribution is -0.385. The van der Waals surface area contributed by atoms with Gasteiger partial charge >= 0.3 is 5.97 Å². The Morgan fingerprint density at radius 3 is 2.30 bits per heavy atom. The van der Waals surface area contributed by atoms with E-state index in [0.29, 0.717) is 11.1 Å². The molecule has 0 unspecified atom stereocenters. The molecule has 162 valence electrons. The number of ether oxygens (including phenoxy) is 1. The number of carbonyl (C=O) groups is 2. The number of hydrogen-bond acceptors (Lipinski definition) is 6. The first-order valence-electron chi connectivity index (χ1n) is 9.90. The molecule has 0 aliphatic rings. The summed E-state index contributed by atoms with van der Waals surface area (Å²) >= 11 is 0. The fourth-order valence-electron chi connectivity index (χ4n) is 3.24. The van der Waals surface area contributed by atoms with Crippen molar-refractivity contribution >= 4 is 34.6 Å². The first-order chi connectivity index (χ1) is 16.0. The minimum atomic E-state index is -0.828. The zero-order chi connectivity index (χ0) is 23.2. The molecule has 0 aromatic heterocycles. The van der Waals surface area contributed by atoms with Crippen molar-refractivity contribution in [1.29, 1.82) is 0 Å². The van der Waals surface area contributed by atoms with Gasteiger partial charge in [-0.2, -0.15) is 5.10 Å². The Bertz CT molecular complexity index is 1380. The third kappa shape index (κ3) is 4.91. The maximum Gasteiger partial charge on any atom is 0.350 e. The van der Waals surface area contributed by atoms with Gasteiger partial charge in [0.1, 0.15) is 11.3 Å². The molecule has 4 aromatic carbocycles. The summed E-state index contributed by atoms with van der Waals surface area (Å²) < 4.78 is 5.23. The highest BCUT2D eigenvalue weighted by molar-refractivity contribution is 6.07. The Hall–Kier alpha value is -4.85. The number of nitrogens with one attached hydrogen (secondary N) is 1. The Labute approximate surface area is 188 Å². The van der Waals surface area contributed by atoms with E-state index in [1.807, 2.05) is 36.4 Å². The van der Waals surface area contributed by atoms with Gasteiger partial charge in [-0.15, -0.1) is 0 Å². The van der Waals surface area contributed by atoms with E-state index < -0.39 is 10.9 Å². The fraction of sp³-hybridized carbons (Fsp3) is 0. The average molecular weight is 439 g/mol. The lowest BCUT2D eigenvalue weighted by Gasteiger charge is -2.06. The number of hydrazone groups is 1. The summed E-state index contributed by atoms with van der Waals surface area (Å²) in [5.41, 5.74) is 3.21. The maximum atomic E-state index is 12.5. The lowest BCUT2D eigenvalue weighted by Crippen LogP contribution is -2.17. The van der Waals surface area contributed by atoms with Gasteiger partial charge in [-0.1, -0.05) is 48.5 Å². The molecular formula is C25H17N3O5. The van der Waals surface area contributed by atoms with Gasteiger partial charge in [0, 0.05) is 11.6 Å². The fourth-order valence-corrected chi connectivity index (χ4v) is 3.24. The summed E-state index contributed by atoms with van der Waals surface area (Å²) in [4.78, 5) is 35.2. The van der Waals surface area contributed by atoms with Crippen molar-refractivity contribution in [3.05, 3.63) is 118 Å². The van der Waals surface area contributed by atoms with Crippen LogP contribution in [0.2, 0.25) is 0 Å². The van der Waals surface area contributed by atoms with E-state index in [9.17, 15) is 19.7 Å². The van der Waals surface area contributed by atoms with E-state index in [1.54, 1.807) is 18.2 Å². The Morgan fingerprint density at radius 1 is 0.848 bits per heavy atom. The minimum absolute atomic E-state index is 0.135. The molecule has 0 radical (unpaired) electrons. The summed E-state index contributed by atoms with van der Waals surface area (Å²) in [7, 11) is 0. The molecular weight excluding hydrogens is 422 g/mol. The molecule has 8 nitrogen and oxygen atoms in total. The molecule has 0 saturated heterocycles. The van der Waals surface area contributed by atoms with Crippen molar-refractivity contribution in [3.8, 4) is 5.75 Å². The van der Waals surface area contributed by atoms with E-state index in [4.69, 9.17) is 4.74 Å². The molecule has 8 heteroatoms. The molecule has 0 spiro atoms. The van der Waals surface area contributed by atoms with Gasteiger partial charge in [0.2, 0.25) is 0 Å². The van der Waals surface area contributed by atoms with Crippen LogP contribution in [0.4, 0.5) is 5.69 Å². The second-order valence-electron chi connectivity index (χ2n) is 6.96. The number of nitro groups is 1. The number of hydrogen-bond donors (Lipinski definition) is 1. The molecule has 0 saturated carbocycles. The second-order valence-corrected chi connectivity index (χ2v) is 6.96. The topological polar surface area (TPSA) is 111 Å². The number of rotatable bonds is 6. The van der Waals surface area contributed by atoms with Gasteiger partial charge in [0.15, 0.2) is 0 Å². The zero-order valence-corrected chi connectivity index (χ0v) is 17.2. The lowest BCUT2D eigenvalue weighted by atomic mass is 10.0. The number of para-hydroxylation sites is 1. The van der Waals surface area contributed by atoms with Crippen molar-refractivity contribution in [1.82, 2.24) is 5.43 Å². The number of nitro benzene ring substituents is 1. The number of fused-ring (bicyclic) bond motifs is 1. The third-order valence-electron chi connectivity index (χ3n) is 4.83. The Kier molecular flexibility index (Phi) is 6.17. The third-order valence-corrected chi connectivity index (χ3v) is 4.83. The van der Waals surface area contributed by atoms with E-state index in [0.717, 1.165) is 10.8 Å². The number of nitrogens with zero attached hydrogens (tertiary/aromatic N) is 2. The molecule has 4 rings (SSSR count). The minimum Gasteiger partial charge on any atom is -0.423 e. The molecule has 0 bridgehead atoms. The number of amides is 1. The molecule has 1 amide bonds. The van der Waals surface area contributed by atoms with Crippen LogP contribution in [0.25, 0.3) is 10.8 Å². The van der Waals surface area contributed by atoms with Crippen LogP contribution in [0, 0.1) is 10.1 Å². The van der Waals surface area contributed by atoms with Crippen LogP contribution in [0.3, 0.4) is 0 Å². The summed E-state index contributed by atoms with van der Waals surface area (Å²) in [5, 5.41) is 16.9. The molecule has 0 heterocycles. The maximum absolute atomic E-state index is 12.5. The predicted octanol–water partition coefficient (Wildman–Crippen LogP) is 4.73. The summed E-state index contributed by atoms with van der Waals surface area (Å²) in [6.45, 7) is 0. The molecule has 1 N–H and O–H groups in total. The van der Waals surface area contributed by atoms with Gasteiger partial charge in [-0.25, -0.2) is 10.2 Å². The van der Waals surface area contributed by atoms with E-state index >= 15 is 0 Å². The van der Waals surface area contributed by atoms with Crippen molar-refractivity contribution in [2.24, 2.45) is 5.10 Å². The summed E-state index contributed by atoms with van der Waals surface area (Å²) in [6.07, 6.45) is 1.46. The second kappa shape index (κ2) is 9.52. The van der Waals surface area contributed by atoms with Gasteiger partial charge in [-0.3, -0.25) is 14.9 Å². The normalized spacial score (nSPS) is 10.8. The van der Waals surface area contributed by atoms with Gasteiger partial charge in [-0.05, 0) is 52.7 Å². The highest BCUT2D eigenvalue weighted by Gasteiger charge is 2.21. The van der Waals surface area contributed by atoms with Crippen molar-refractivity contribution in [2.75, 3.05) is 0 Å². The highest BCUT2D eigenvalue weighted by Crippen LogP contribution is 2.21. The van der Waals surface area contributed by atoms with Crippen molar-refractivity contribution in [2.45, 2.75) is 0 Å². The van der Waals surface area contributed by atoms with Crippen LogP contribution < -0.4 is 10.2 Å². The summed E-state index contributed by atoms with van der Waals surface area (Å²) in [6, 6.07) is 24.9.